The lowest BCUT2D eigenvalue weighted by Gasteiger charge is -2.33. The molecule has 0 spiro atoms. The quantitative estimate of drug-likeness (QED) is 0.142. The fourth-order valence-electron chi connectivity index (χ4n) is 4.53. The summed E-state index contributed by atoms with van der Waals surface area (Å²) in [6.45, 7) is 8.00. The van der Waals surface area contributed by atoms with Gasteiger partial charge in [0.05, 0.1) is 24.9 Å². The number of aromatic nitrogens is 1. The van der Waals surface area contributed by atoms with Crippen molar-refractivity contribution in [3.8, 4) is 0 Å². The van der Waals surface area contributed by atoms with Crippen LogP contribution in [-0.4, -0.2) is 54.6 Å². The van der Waals surface area contributed by atoms with Gasteiger partial charge in [-0.3, -0.25) is 0 Å². The van der Waals surface area contributed by atoms with Gasteiger partial charge in [-0.15, -0.1) is 0 Å². The molecule has 2 N–H and O–H groups in total. The largest absolute Gasteiger partial charge is 0.467 e. The summed E-state index contributed by atoms with van der Waals surface area (Å²) in [6, 6.07) is 3.50. The Morgan fingerprint density at radius 1 is 1.18 bits per heavy atom. The van der Waals surface area contributed by atoms with Crippen molar-refractivity contribution in [2.45, 2.75) is 72.3 Å². The third-order valence-corrected chi connectivity index (χ3v) is 6.11. The number of benzene rings is 1. The molecule has 1 heterocycles. The van der Waals surface area contributed by atoms with Gasteiger partial charge in [-0.25, -0.2) is 9.59 Å². The molecule has 0 unspecified atom stereocenters. The van der Waals surface area contributed by atoms with Gasteiger partial charge in [0.1, 0.15) is 6.04 Å². The normalized spacial score (nSPS) is 12.7. The Morgan fingerprint density at radius 2 is 1.91 bits per heavy atom. The highest BCUT2D eigenvalue weighted by molar-refractivity contribution is 6.37. The number of aromatic amines is 1. The minimum absolute atomic E-state index is 0.0240. The van der Waals surface area contributed by atoms with E-state index in [4.69, 9.17) is 9.47 Å². The molecule has 0 aliphatic rings. The van der Waals surface area contributed by atoms with Crippen LogP contribution in [-0.2, 0) is 31.9 Å². The summed E-state index contributed by atoms with van der Waals surface area (Å²) in [5.41, 5.74) is 3.64. The second-order valence-corrected chi connectivity index (χ2v) is 8.89. The maximum Gasteiger partial charge on any atom is 0.356 e. The van der Waals surface area contributed by atoms with E-state index in [1.807, 2.05) is 38.1 Å². The first-order valence-corrected chi connectivity index (χ1v) is 12.1. The SMILES string of the molecule is CCCCCCc1cc(C/C(=N/O)C(=O)OCC)c(N(C)[C@H](C(=O)OC)C(C)C)c2cc[nH]c12. The van der Waals surface area contributed by atoms with Crippen LogP contribution in [0.4, 0.5) is 5.69 Å². The number of likely N-dealkylation sites (N-methyl/N-ethyl adjacent to an activating group) is 1. The number of methoxy groups -OCH3 is 1. The Kier molecular flexibility index (Phi) is 10.4. The van der Waals surface area contributed by atoms with Crippen molar-refractivity contribution >= 4 is 34.2 Å². The molecule has 1 atom stereocenters. The van der Waals surface area contributed by atoms with Crippen LogP contribution in [0.5, 0.6) is 0 Å². The smallest absolute Gasteiger partial charge is 0.356 e. The molecule has 2 rings (SSSR count). The zero-order valence-corrected chi connectivity index (χ0v) is 21.3. The van der Waals surface area contributed by atoms with Gasteiger partial charge in [0, 0.05) is 25.1 Å². The predicted octanol–water partition coefficient (Wildman–Crippen LogP) is 4.86. The van der Waals surface area contributed by atoms with E-state index < -0.39 is 12.0 Å². The molecule has 8 heteroatoms. The second-order valence-electron chi connectivity index (χ2n) is 8.89. The summed E-state index contributed by atoms with van der Waals surface area (Å²) in [5.74, 6) is -1.02. The zero-order chi connectivity index (χ0) is 25.3. The Bertz CT molecular complexity index is 996. The summed E-state index contributed by atoms with van der Waals surface area (Å²) in [7, 11) is 3.24. The lowest BCUT2D eigenvalue weighted by molar-refractivity contribution is -0.143. The number of unbranched alkanes of at least 4 members (excludes halogenated alkanes) is 3. The first-order valence-electron chi connectivity index (χ1n) is 12.1. The van der Waals surface area contributed by atoms with Gasteiger partial charge in [0.15, 0.2) is 5.71 Å². The zero-order valence-electron chi connectivity index (χ0n) is 21.3. The van der Waals surface area contributed by atoms with Crippen LogP contribution < -0.4 is 4.90 Å². The predicted molar refractivity (Wildman–Crippen MR) is 135 cm³/mol. The van der Waals surface area contributed by atoms with E-state index in [1.54, 1.807) is 6.92 Å². The van der Waals surface area contributed by atoms with E-state index in [0.717, 1.165) is 53.4 Å². The van der Waals surface area contributed by atoms with Gasteiger partial charge in [-0.05, 0) is 42.9 Å². The minimum atomic E-state index is -0.661. The van der Waals surface area contributed by atoms with Gasteiger partial charge in [0.2, 0.25) is 0 Å². The molecule has 0 aliphatic carbocycles. The number of carbonyl (C=O) groups excluding carboxylic acids is 2. The van der Waals surface area contributed by atoms with Crippen LogP contribution in [0.15, 0.2) is 23.5 Å². The second kappa shape index (κ2) is 13.0. The van der Waals surface area contributed by atoms with Crippen LogP contribution >= 0.6 is 0 Å². The van der Waals surface area contributed by atoms with E-state index >= 15 is 0 Å². The number of hydrogen-bond acceptors (Lipinski definition) is 7. The topological polar surface area (TPSA) is 104 Å². The van der Waals surface area contributed by atoms with Gasteiger partial charge in [0.25, 0.3) is 0 Å². The summed E-state index contributed by atoms with van der Waals surface area (Å²) < 4.78 is 10.2. The number of H-pyrrole nitrogens is 1. The molecule has 2 aromatic rings. The standard InChI is InChI=1S/C26H39N3O5/c1-7-9-10-11-12-18-15-19(16-21(28-32)25(30)34-8-2)24(20-13-14-27-22(18)20)29(5)23(17(3)4)26(31)33-6/h13-15,17,23,27,32H,7-12,16H2,1-6H3/b28-21-/t23-/m0/s1. The lowest BCUT2D eigenvalue weighted by Crippen LogP contribution is -2.44. The summed E-state index contributed by atoms with van der Waals surface area (Å²) in [4.78, 5) is 30.3. The Labute approximate surface area is 202 Å². The molecule has 0 bridgehead atoms. The number of fused-ring (bicyclic) bond motifs is 1. The number of ether oxygens (including phenoxy) is 2. The van der Waals surface area contributed by atoms with Crippen molar-refractivity contribution in [3.05, 3.63) is 29.5 Å². The third-order valence-electron chi connectivity index (χ3n) is 6.11. The Balaban J connectivity index is 2.65. The van der Waals surface area contributed by atoms with Crippen LogP contribution in [0, 0.1) is 5.92 Å². The number of hydrogen-bond donors (Lipinski definition) is 2. The van der Waals surface area contributed by atoms with Gasteiger partial charge >= 0.3 is 11.9 Å². The highest BCUT2D eigenvalue weighted by Crippen LogP contribution is 2.36. The molecule has 8 nitrogen and oxygen atoms in total. The molecule has 1 aromatic carbocycles. The first kappa shape index (κ1) is 27.2. The molecular weight excluding hydrogens is 434 g/mol. The average Bonchev–Trinajstić information content (AvgIpc) is 3.29. The number of aryl methyl sites for hydroxylation is 1. The molecule has 188 valence electrons. The molecule has 1 aromatic heterocycles. The van der Waals surface area contributed by atoms with Crippen molar-refractivity contribution in [2.24, 2.45) is 11.1 Å². The van der Waals surface area contributed by atoms with Crippen LogP contribution in [0.3, 0.4) is 0 Å². The number of oxime groups is 1. The first-order chi connectivity index (χ1) is 16.3. The van der Waals surface area contributed by atoms with Gasteiger partial charge in [-0.1, -0.05) is 51.3 Å². The minimum Gasteiger partial charge on any atom is -0.467 e. The fraction of sp³-hybridized carbons (Fsp3) is 0.577. The van der Waals surface area contributed by atoms with Crippen molar-refractivity contribution in [3.63, 3.8) is 0 Å². The van der Waals surface area contributed by atoms with E-state index in [-0.39, 0.29) is 30.6 Å². The number of nitrogens with zero attached hydrogens (tertiary/aromatic N) is 2. The molecule has 0 aliphatic heterocycles. The van der Waals surface area contributed by atoms with E-state index in [2.05, 4.69) is 23.1 Å². The monoisotopic (exact) mass is 473 g/mol. The molecule has 0 radical (unpaired) electrons. The molecule has 0 saturated heterocycles. The highest BCUT2D eigenvalue weighted by atomic mass is 16.5. The van der Waals surface area contributed by atoms with Gasteiger partial charge < -0.3 is 24.6 Å². The maximum atomic E-state index is 12.7. The number of esters is 2. The fourth-order valence-corrected chi connectivity index (χ4v) is 4.53. The molecule has 0 amide bonds. The number of nitrogens with one attached hydrogen (secondary N) is 1. The van der Waals surface area contributed by atoms with E-state index in [1.165, 1.54) is 13.5 Å². The Hall–Kier alpha value is -3.03. The summed E-state index contributed by atoms with van der Waals surface area (Å²) in [6.07, 6.45) is 7.36. The highest BCUT2D eigenvalue weighted by Gasteiger charge is 2.31. The lowest BCUT2D eigenvalue weighted by atomic mass is 9.93. The number of rotatable bonds is 13. The Morgan fingerprint density at radius 3 is 2.50 bits per heavy atom. The summed E-state index contributed by atoms with van der Waals surface area (Å²) in [5, 5.41) is 13.8. The van der Waals surface area contributed by atoms with Gasteiger partial charge in [-0.2, -0.15) is 0 Å². The van der Waals surface area contributed by atoms with Crippen LogP contribution in [0.1, 0.15) is 64.5 Å². The molecule has 0 saturated carbocycles. The third kappa shape index (κ3) is 6.30. The maximum absolute atomic E-state index is 12.7. The van der Waals surface area contributed by atoms with Crippen LogP contribution in [0.2, 0.25) is 0 Å². The van der Waals surface area contributed by atoms with Crippen molar-refractivity contribution in [1.29, 1.82) is 0 Å². The number of anilines is 1. The van der Waals surface area contributed by atoms with Crippen molar-refractivity contribution in [1.82, 2.24) is 4.98 Å². The van der Waals surface area contributed by atoms with Crippen molar-refractivity contribution in [2.75, 3.05) is 25.7 Å². The average molecular weight is 474 g/mol. The van der Waals surface area contributed by atoms with E-state index in [0.29, 0.717) is 0 Å². The number of carbonyl (C=O) groups is 2. The summed E-state index contributed by atoms with van der Waals surface area (Å²) >= 11 is 0. The molecule has 34 heavy (non-hydrogen) atoms. The van der Waals surface area contributed by atoms with E-state index in [9.17, 15) is 14.8 Å². The molecular formula is C26H39N3O5. The van der Waals surface area contributed by atoms with Crippen LogP contribution in [0.25, 0.3) is 10.9 Å². The molecule has 0 fully saturated rings. The van der Waals surface area contributed by atoms with Crippen molar-refractivity contribution < 1.29 is 24.3 Å².